The lowest BCUT2D eigenvalue weighted by molar-refractivity contribution is 0.0746. The van der Waals surface area contributed by atoms with Crippen LogP contribution >= 0.6 is 11.6 Å². The van der Waals surface area contributed by atoms with Crippen LogP contribution in [0.1, 0.15) is 23.0 Å². The molecule has 2 heterocycles. The van der Waals surface area contributed by atoms with Crippen LogP contribution in [0.3, 0.4) is 0 Å². The normalized spacial score (nSPS) is 10.2. The molecule has 5 nitrogen and oxygen atoms in total. The minimum atomic E-state index is -0.186. The van der Waals surface area contributed by atoms with Crippen molar-refractivity contribution in [1.82, 2.24) is 19.9 Å². The van der Waals surface area contributed by atoms with E-state index in [2.05, 4.69) is 15.0 Å². The molecule has 0 saturated heterocycles. The Morgan fingerprint density at radius 1 is 1.26 bits per heavy atom. The topological polar surface area (TPSA) is 59.0 Å². The lowest BCUT2D eigenvalue weighted by Crippen LogP contribution is -2.31. The van der Waals surface area contributed by atoms with E-state index >= 15 is 0 Å². The Labute approximate surface area is 116 Å². The van der Waals surface area contributed by atoms with Crippen molar-refractivity contribution < 1.29 is 4.79 Å². The monoisotopic (exact) mass is 276 g/mol. The Kier molecular flexibility index (Phi) is 4.41. The van der Waals surface area contributed by atoms with Gasteiger partial charge >= 0.3 is 0 Å². The van der Waals surface area contributed by atoms with Crippen molar-refractivity contribution in [2.24, 2.45) is 0 Å². The van der Waals surface area contributed by atoms with Gasteiger partial charge in [0, 0.05) is 25.5 Å². The Balaban J connectivity index is 2.16. The number of nitrogens with zero attached hydrogens (tertiary/aromatic N) is 4. The molecule has 98 valence electrons. The number of halogens is 1. The molecule has 0 unspecified atom stereocenters. The molecule has 0 radical (unpaired) electrons. The summed E-state index contributed by atoms with van der Waals surface area (Å²) in [6, 6.07) is 3.75. The summed E-state index contributed by atoms with van der Waals surface area (Å²) >= 11 is 5.74. The highest BCUT2D eigenvalue weighted by molar-refractivity contribution is 6.29. The van der Waals surface area contributed by atoms with Crippen LogP contribution in [-0.4, -0.2) is 32.3 Å². The number of carbonyl (C=O) groups excluding carboxylic acids is 1. The standard InChI is InChI=1S/C13H13ClN4O/c1-2-18(9-10-3-5-15-6-4-10)13(19)11-7-16-8-12(14)17-11/h3-8H,2,9H2,1H3. The van der Waals surface area contributed by atoms with Gasteiger partial charge in [-0.3, -0.25) is 14.8 Å². The SMILES string of the molecule is CCN(Cc1ccncc1)C(=O)c1cncc(Cl)n1. The van der Waals surface area contributed by atoms with Crippen LogP contribution in [0, 0.1) is 0 Å². The van der Waals surface area contributed by atoms with Crippen LogP contribution in [0.5, 0.6) is 0 Å². The fourth-order valence-corrected chi connectivity index (χ4v) is 1.79. The van der Waals surface area contributed by atoms with Gasteiger partial charge in [0.25, 0.3) is 5.91 Å². The van der Waals surface area contributed by atoms with Gasteiger partial charge in [-0.25, -0.2) is 4.98 Å². The van der Waals surface area contributed by atoms with Gasteiger partial charge in [-0.15, -0.1) is 0 Å². The summed E-state index contributed by atoms with van der Waals surface area (Å²) in [7, 11) is 0. The third-order valence-corrected chi connectivity index (χ3v) is 2.80. The molecule has 19 heavy (non-hydrogen) atoms. The largest absolute Gasteiger partial charge is 0.333 e. The van der Waals surface area contributed by atoms with Crippen molar-refractivity contribution in [3.63, 3.8) is 0 Å². The van der Waals surface area contributed by atoms with E-state index in [9.17, 15) is 4.79 Å². The minimum absolute atomic E-state index is 0.186. The zero-order chi connectivity index (χ0) is 13.7. The molecule has 0 saturated carbocycles. The number of hydrogen-bond donors (Lipinski definition) is 0. The summed E-state index contributed by atoms with van der Waals surface area (Å²) in [5, 5.41) is 0.214. The second kappa shape index (κ2) is 6.24. The summed E-state index contributed by atoms with van der Waals surface area (Å²) in [6.45, 7) is 3.00. The second-order valence-electron chi connectivity index (χ2n) is 3.90. The van der Waals surface area contributed by atoms with Gasteiger partial charge in [0.1, 0.15) is 10.8 Å². The maximum Gasteiger partial charge on any atom is 0.274 e. The van der Waals surface area contributed by atoms with Crippen molar-refractivity contribution in [2.75, 3.05) is 6.54 Å². The number of carbonyl (C=O) groups is 1. The third kappa shape index (κ3) is 3.48. The highest BCUT2D eigenvalue weighted by Crippen LogP contribution is 2.09. The molecule has 0 aliphatic heterocycles. The maximum absolute atomic E-state index is 12.3. The van der Waals surface area contributed by atoms with Gasteiger partial charge in [0.15, 0.2) is 0 Å². The maximum atomic E-state index is 12.3. The van der Waals surface area contributed by atoms with E-state index in [1.54, 1.807) is 17.3 Å². The van der Waals surface area contributed by atoms with Gasteiger partial charge in [-0.05, 0) is 24.6 Å². The van der Waals surface area contributed by atoms with E-state index in [0.717, 1.165) is 5.56 Å². The molecular formula is C13H13ClN4O. The van der Waals surface area contributed by atoms with E-state index in [1.165, 1.54) is 12.4 Å². The average Bonchev–Trinajstić information content (AvgIpc) is 2.45. The first-order valence-corrected chi connectivity index (χ1v) is 6.24. The average molecular weight is 277 g/mol. The second-order valence-corrected chi connectivity index (χ2v) is 4.29. The molecule has 0 spiro atoms. The van der Waals surface area contributed by atoms with Gasteiger partial charge in [0.2, 0.25) is 0 Å². The predicted octanol–water partition coefficient (Wildman–Crippen LogP) is 2.19. The number of rotatable bonds is 4. The van der Waals surface area contributed by atoms with Crippen LogP contribution < -0.4 is 0 Å². The molecule has 0 N–H and O–H groups in total. The fraction of sp³-hybridized carbons (Fsp3) is 0.231. The molecule has 0 fully saturated rings. The quantitative estimate of drug-likeness (QED) is 0.859. The Morgan fingerprint density at radius 3 is 2.63 bits per heavy atom. The van der Waals surface area contributed by atoms with Gasteiger partial charge in [-0.1, -0.05) is 11.6 Å². The minimum Gasteiger partial charge on any atom is -0.333 e. The third-order valence-electron chi connectivity index (χ3n) is 2.62. The summed E-state index contributed by atoms with van der Waals surface area (Å²) in [5.74, 6) is -0.186. The molecule has 2 aromatic rings. The molecule has 0 bridgehead atoms. The smallest absolute Gasteiger partial charge is 0.274 e. The summed E-state index contributed by atoms with van der Waals surface area (Å²) in [5.41, 5.74) is 1.27. The number of aromatic nitrogens is 3. The van der Waals surface area contributed by atoms with Crippen LogP contribution in [0.25, 0.3) is 0 Å². The van der Waals surface area contributed by atoms with Crippen LogP contribution in [-0.2, 0) is 6.54 Å². The van der Waals surface area contributed by atoms with E-state index in [-0.39, 0.29) is 16.8 Å². The van der Waals surface area contributed by atoms with Gasteiger partial charge in [0.05, 0.1) is 12.4 Å². The molecule has 0 aromatic carbocycles. The zero-order valence-corrected chi connectivity index (χ0v) is 11.2. The molecule has 0 aliphatic carbocycles. The highest BCUT2D eigenvalue weighted by atomic mass is 35.5. The van der Waals surface area contributed by atoms with E-state index in [1.807, 2.05) is 19.1 Å². The number of amides is 1. The summed E-state index contributed by atoms with van der Waals surface area (Å²) in [4.78, 5) is 25.8. The highest BCUT2D eigenvalue weighted by Gasteiger charge is 2.16. The Bertz CT molecular complexity index is 562. The first-order valence-electron chi connectivity index (χ1n) is 5.86. The number of pyridine rings is 1. The molecule has 0 aliphatic rings. The Morgan fingerprint density at radius 2 is 2.00 bits per heavy atom. The number of hydrogen-bond acceptors (Lipinski definition) is 4. The van der Waals surface area contributed by atoms with E-state index in [4.69, 9.17) is 11.6 Å². The molecule has 6 heteroatoms. The fourth-order valence-electron chi connectivity index (χ4n) is 1.64. The first kappa shape index (κ1) is 13.4. The Hall–Kier alpha value is -2.01. The van der Waals surface area contributed by atoms with Crippen molar-refractivity contribution in [3.8, 4) is 0 Å². The van der Waals surface area contributed by atoms with Crippen molar-refractivity contribution in [2.45, 2.75) is 13.5 Å². The molecular weight excluding hydrogens is 264 g/mol. The van der Waals surface area contributed by atoms with E-state index in [0.29, 0.717) is 13.1 Å². The van der Waals surface area contributed by atoms with E-state index < -0.39 is 0 Å². The molecule has 2 rings (SSSR count). The lowest BCUT2D eigenvalue weighted by Gasteiger charge is -2.20. The summed E-state index contributed by atoms with van der Waals surface area (Å²) in [6.07, 6.45) is 6.22. The van der Waals surface area contributed by atoms with Crippen LogP contribution in [0.15, 0.2) is 36.9 Å². The first-order chi connectivity index (χ1) is 9.20. The molecule has 1 amide bonds. The van der Waals surface area contributed by atoms with Crippen LogP contribution in [0.2, 0.25) is 5.15 Å². The van der Waals surface area contributed by atoms with Crippen molar-refractivity contribution in [1.29, 1.82) is 0 Å². The lowest BCUT2D eigenvalue weighted by atomic mass is 10.2. The predicted molar refractivity (Wildman–Crippen MR) is 71.7 cm³/mol. The molecule has 0 atom stereocenters. The van der Waals surface area contributed by atoms with Crippen LogP contribution in [0.4, 0.5) is 0 Å². The summed E-state index contributed by atoms with van der Waals surface area (Å²) < 4.78 is 0. The molecule has 2 aromatic heterocycles. The van der Waals surface area contributed by atoms with Crippen molar-refractivity contribution in [3.05, 3.63) is 53.3 Å². The van der Waals surface area contributed by atoms with Gasteiger partial charge in [-0.2, -0.15) is 0 Å². The van der Waals surface area contributed by atoms with Crippen molar-refractivity contribution >= 4 is 17.5 Å². The zero-order valence-electron chi connectivity index (χ0n) is 10.5. The van der Waals surface area contributed by atoms with Gasteiger partial charge < -0.3 is 4.90 Å².